The van der Waals surface area contributed by atoms with Crippen molar-refractivity contribution in [2.24, 2.45) is 0 Å². The van der Waals surface area contributed by atoms with Gasteiger partial charge in [-0.2, -0.15) is 0 Å². The van der Waals surface area contributed by atoms with Gasteiger partial charge in [0.1, 0.15) is 5.75 Å². The average molecular weight is 385 g/mol. The molecule has 0 amide bonds. The predicted molar refractivity (Wildman–Crippen MR) is 81.9 cm³/mol. The molecule has 0 bridgehead atoms. The third kappa shape index (κ3) is 6.88. The largest absolute Gasteiger partial charge is 0.463 e. The van der Waals surface area contributed by atoms with Gasteiger partial charge in [-0.15, -0.1) is 0 Å². The quantitative estimate of drug-likeness (QED) is 0.306. The number of halogens is 1. The first-order valence-corrected chi connectivity index (χ1v) is 7.22. The zero-order valence-corrected chi connectivity index (χ0v) is 13.7. The maximum Gasteiger partial charge on any atom is 0.349 e. The Labute approximate surface area is 140 Å². The van der Waals surface area contributed by atoms with E-state index in [1.54, 1.807) is 13.0 Å². The number of esters is 3. The van der Waals surface area contributed by atoms with Crippen LogP contribution in [0.5, 0.6) is 5.75 Å². The number of hydrogen-bond acceptors (Lipinski definition) is 7. The minimum Gasteiger partial charge on any atom is -0.463 e. The van der Waals surface area contributed by atoms with Crippen LogP contribution in [-0.4, -0.2) is 37.4 Å². The molecule has 0 saturated carbocycles. The topological polar surface area (TPSA) is 96.0 Å². The standard InChI is InChI=1S/C15H13BrO7/c1-2-21-13(18)5-6-14(19)22-9-15(20)23-12-4-3-11(16)7-10(12)8-17/h3-8H,2,9H2,1H3/b6-5-. The summed E-state index contributed by atoms with van der Waals surface area (Å²) in [7, 11) is 0. The minimum absolute atomic E-state index is 0.0475. The summed E-state index contributed by atoms with van der Waals surface area (Å²) in [5.41, 5.74) is 0.168. The van der Waals surface area contributed by atoms with Crippen LogP contribution in [0.25, 0.3) is 0 Å². The molecule has 23 heavy (non-hydrogen) atoms. The highest BCUT2D eigenvalue weighted by molar-refractivity contribution is 9.10. The van der Waals surface area contributed by atoms with Crippen LogP contribution < -0.4 is 4.74 Å². The van der Waals surface area contributed by atoms with E-state index in [4.69, 9.17) is 4.74 Å². The summed E-state index contributed by atoms with van der Waals surface area (Å²) in [5, 5.41) is 0. The average Bonchev–Trinajstić information content (AvgIpc) is 2.53. The fourth-order valence-electron chi connectivity index (χ4n) is 1.36. The monoisotopic (exact) mass is 384 g/mol. The SMILES string of the molecule is CCOC(=O)/C=C\C(=O)OCC(=O)Oc1ccc(Br)cc1C=O. The fourth-order valence-corrected chi connectivity index (χ4v) is 1.74. The van der Waals surface area contributed by atoms with E-state index in [-0.39, 0.29) is 17.9 Å². The lowest BCUT2D eigenvalue weighted by Crippen LogP contribution is -2.18. The minimum atomic E-state index is -0.901. The Hall–Kier alpha value is -2.48. The predicted octanol–water partition coefficient (Wildman–Crippen LogP) is 1.83. The number of aldehydes is 1. The molecule has 0 radical (unpaired) electrons. The van der Waals surface area contributed by atoms with E-state index < -0.39 is 24.5 Å². The van der Waals surface area contributed by atoms with E-state index in [0.29, 0.717) is 10.8 Å². The molecule has 0 saturated heterocycles. The summed E-state index contributed by atoms with van der Waals surface area (Å²) in [6.45, 7) is 1.13. The first kappa shape index (κ1) is 18.6. The normalized spacial score (nSPS) is 10.2. The molecule has 1 aromatic rings. The summed E-state index contributed by atoms with van der Waals surface area (Å²) in [6.07, 6.45) is 2.25. The molecule has 0 N–H and O–H groups in total. The number of rotatable bonds is 7. The van der Waals surface area contributed by atoms with Gasteiger partial charge >= 0.3 is 17.9 Å². The lowest BCUT2D eigenvalue weighted by atomic mass is 10.2. The number of ether oxygens (including phenoxy) is 3. The Balaban J connectivity index is 2.50. The zero-order valence-electron chi connectivity index (χ0n) is 12.1. The van der Waals surface area contributed by atoms with Crippen LogP contribution in [0, 0.1) is 0 Å². The second-order valence-electron chi connectivity index (χ2n) is 3.97. The lowest BCUT2D eigenvalue weighted by molar-refractivity contribution is -0.150. The first-order valence-electron chi connectivity index (χ1n) is 6.43. The van der Waals surface area contributed by atoms with Gasteiger partial charge in [0.15, 0.2) is 12.9 Å². The van der Waals surface area contributed by atoms with Crippen molar-refractivity contribution in [3.63, 3.8) is 0 Å². The van der Waals surface area contributed by atoms with Gasteiger partial charge < -0.3 is 14.2 Å². The van der Waals surface area contributed by atoms with Crippen LogP contribution in [-0.2, 0) is 23.9 Å². The van der Waals surface area contributed by atoms with Crippen molar-refractivity contribution < 1.29 is 33.4 Å². The van der Waals surface area contributed by atoms with E-state index >= 15 is 0 Å². The lowest BCUT2D eigenvalue weighted by Gasteiger charge is -2.07. The van der Waals surface area contributed by atoms with Crippen molar-refractivity contribution in [2.75, 3.05) is 13.2 Å². The highest BCUT2D eigenvalue weighted by Crippen LogP contribution is 2.21. The molecule has 0 atom stereocenters. The Morgan fingerprint density at radius 1 is 1.13 bits per heavy atom. The maximum atomic E-state index is 11.6. The summed E-state index contributed by atoms with van der Waals surface area (Å²) < 4.78 is 14.7. The second-order valence-corrected chi connectivity index (χ2v) is 4.88. The Morgan fingerprint density at radius 2 is 1.78 bits per heavy atom. The second kappa shape index (κ2) is 9.52. The van der Waals surface area contributed by atoms with E-state index in [1.165, 1.54) is 12.1 Å². The van der Waals surface area contributed by atoms with E-state index in [9.17, 15) is 19.2 Å². The summed E-state index contributed by atoms with van der Waals surface area (Å²) in [4.78, 5) is 44.7. The highest BCUT2D eigenvalue weighted by atomic mass is 79.9. The van der Waals surface area contributed by atoms with Crippen molar-refractivity contribution in [3.8, 4) is 5.75 Å². The number of benzene rings is 1. The smallest absolute Gasteiger partial charge is 0.349 e. The highest BCUT2D eigenvalue weighted by Gasteiger charge is 2.11. The van der Waals surface area contributed by atoms with Crippen LogP contribution in [0.2, 0.25) is 0 Å². The molecule has 0 aliphatic rings. The zero-order chi connectivity index (χ0) is 17.2. The van der Waals surface area contributed by atoms with Crippen molar-refractivity contribution in [1.29, 1.82) is 0 Å². The van der Waals surface area contributed by atoms with E-state index in [1.807, 2.05) is 0 Å². The van der Waals surface area contributed by atoms with Crippen LogP contribution in [0.4, 0.5) is 0 Å². The molecule has 0 heterocycles. The van der Waals surface area contributed by atoms with Crippen molar-refractivity contribution in [3.05, 3.63) is 40.4 Å². The van der Waals surface area contributed by atoms with Gasteiger partial charge in [-0.05, 0) is 25.1 Å². The number of hydrogen-bond donors (Lipinski definition) is 0. The third-order valence-electron chi connectivity index (χ3n) is 2.30. The van der Waals surface area contributed by atoms with Gasteiger partial charge in [-0.3, -0.25) is 4.79 Å². The molecule has 1 aromatic carbocycles. The molecule has 122 valence electrons. The van der Waals surface area contributed by atoms with Gasteiger partial charge in [0.25, 0.3) is 0 Å². The molecule has 0 fully saturated rings. The third-order valence-corrected chi connectivity index (χ3v) is 2.79. The van der Waals surface area contributed by atoms with Crippen LogP contribution in [0.15, 0.2) is 34.8 Å². The summed E-state index contributed by atoms with van der Waals surface area (Å²) in [6, 6.07) is 4.49. The van der Waals surface area contributed by atoms with Crippen molar-refractivity contribution in [2.45, 2.75) is 6.92 Å². The molecule has 0 aliphatic carbocycles. The molecule has 0 spiro atoms. The molecular formula is C15H13BrO7. The summed E-state index contributed by atoms with van der Waals surface area (Å²) in [5.74, 6) is -2.42. The van der Waals surface area contributed by atoms with Gasteiger partial charge in [0, 0.05) is 16.6 Å². The van der Waals surface area contributed by atoms with Crippen LogP contribution in [0.1, 0.15) is 17.3 Å². The van der Waals surface area contributed by atoms with Crippen LogP contribution >= 0.6 is 15.9 Å². The van der Waals surface area contributed by atoms with Crippen molar-refractivity contribution in [1.82, 2.24) is 0 Å². The molecule has 0 aliphatic heterocycles. The van der Waals surface area contributed by atoms with Crippen LogP contribution in [0.3, 0.4) is 0 Å². The molecule has 1 rings (SSSR count). The Kier molecular flexibility index (Phi) is 7.69. The molecule has 0 aromatic heterocycles. The van der Waals surface area contributed by atoms with E-state index in [2.05, 4.69) is 25.4 Å². The fraction of sp³-hybridized carbons (Fsp3) is 0.200. The molecule has 0 unspecified atom stereocenters. The number of carbonyl (C=O) groups is 4. The van der Waals surface area contributed by atoms with Gasteiger partial charge in [-0.1, -0.05) is 15.9 Å². The molecular weight excluding hydrogens is 372 g/mol. The van der Waals surface area contributed by atoms with Crippen molar-refractivity contribution >= 4 is 40.1 Å². The Bertz CT molecular complexity index is 637. The number of carbonyl (C=O) groups excluding carboxylic acids is 4. The Morgan fingerprint density at radius 3 is 2.39 bits per heavy atom. The molecule has 8 heteroatoms. The van der Waals surface area contributed by atoms with Gasteiger partial charge in [0.05, 0.1) is 12.2 Å². The van der Waals surface area contributed by atoms with Gasteiger partial charge in [-0.25, -0.2) is 14.4 Å². The van der Waals surface area contributed by atoms with E-state index in [0.717, 1.165) is 12.2 Å². The van der Waals surface area contributed by atoms with Gasteiger partial charge in [0.2, 0.25) is 0 Å². The maximum absolute atomic E-state index is 11.6. The summed E-state index contributed by atoms with van der Waals surface area (Å²) >= 11 is 3.18. The first-order chi connectivity index (χ1) is 11.0. The molecule has 7 nitrogen and oxygen atoms in total.